The second kappa shape index (κ2) is 5.56. The molecule has 132 valence electrons. The predicted octanol–water partition coefficient (Wildman–Crippen LogP) is 3.21. The molecule has 0 radical (unpaired) electrons. The molecule has 0 spiro atoms. The second-order valence-corrected chi connectivity index (χ2v) is 7.02. The molecule has 0 amide bonds. The van der Waals surface area contributed by atoms with Gasteiger partial charge < -0.3 is 19.3 Å². The average Bonchev–Trinajstić information content (AvgIpc) is 2.92. The third-order valence-corrected chi connectivity index (χ3v) is 5.88. The first kappa shape index (κ1) is 16.1. The maximum absolute atomic E-state index is 10.3. The van der Waals surface area contributed by atoms with Crippen LogP contribution in [0.5, 0.6) is 23.0 Å². The van der Waals surface area contributed by atoms with E-state index in [4.69, 9.17) is 14.2 Å². The number of likely N-dealkylation sites (N-methyl/N-ethyl adjacent to an activating group) is 1. The molecule has 0 aromatic heterocycles. The smallest absolute Gasteiger partial charge is 0.163 e. The van der Waals surface area contributed by atoms with Crippen LogP contribution >= 0.6 is 0 Å². The van der Waals surface area contributed by atoms with Crippen LogP contribution in [-0.2, 0) is 12.8 Å². The van der Waals surface area contributed by atoms with E-state index in [9.17, 15) is 5.11 Å². The minimum atomic E-state index is 0.208. The van der Waals surface area contributed by atoms with Gasteiger partial charge in [0.2, 0.25) is 0 Å². The number of rotatable bonds is 3. The van der Waals surface area contributed by atoms with Crippen LogP contribution < -0.4 is 18.7 Å². The van der Waals surface area contributed by atoms with Gasteiger partial charge in [-0.25, -0.2) is 0 Å². The molecule has 2 heterocycles. The lowest BCUT2D eigenvalue weighted by atomic mass is 9.90. The van der Waals surface area contributed by atoms with Gasteiger partial charge in [-0.05, 0) is 23.8 Å². The lowest BCUT2D eigenvalue weighted by molar-refractivity contribution is 0.251. The fourth-order valence-corrected chi connectivity index (χ4v) is 4.49. The Hall–Kier alpha value is -2.40. The van der Waals surface area contributed by atoms with Crippen LogP contribution in [0, 0.1) is 0 Å². The number of hydrogen-bond donors (Lipinski definition) is 1. The van der Waals surface area contributed by atoms with Crippen LogP contribution in [-0.4, -0.2) is 40.0 Å². The summed E-state index contributed by atoms with van der Waals surface area (Å²) < 4.78 is 17.1. The second-order valence-electron chi connectivity index (χ2n) is 7.02. The third-order valence-electron chi connectivity index (χ3n) is 5.88. The molecule has 2 aliphatic heterocycles. The molecule has 2 aromatic carbocycles. The van der Waals surface area contributed by atoms with E-state index < -0.39 is 0 Å². The number of methoxy groups -OCH3 is 3. The number of benzene rings is 2. The Morgan fingerprint density at radius 2 is 1.56 bits per heavy atom. The van der Waals surface area contributed by atoms with Crippen LogP contribution in [0.25, 0.3) is 0 Å². The minimum absolute atomic E-state index is 0.208. The number of phenolic OH excluding ortho intramolecular Hbond substituents is 1. The zero-order chi connectivity index (χ0) is 17.8. The number of aromatic hydroxyl groups is 1. The van der Waals surface area contributed by atoms with Crippen LogP contribution in [0.3, 0.4) is 0 Å². The van der Waals surface area contributed by atoms with Crippen LogP contribution in [0.4, 0.5) is 5.69 Å². The van der Waals surface area contributed by atoms with Crippen molar-refractivity contribution in [3.63, 3.8) is 0 Å². The Kier molecular flexibility index (Phi) is 3.58. The summed E-state index contributed by atoms with van der Waals surface area (Å²) in [5, 5.41) is 10.3. The van der Waals surface area contributed by atoms with E-state index in [1.165, 1.54) is 22.4 Å². The maximum atomic E-state index is 10.3. The summed E-state index contributed by atoms with van der Waals surface area (Å²) in [6.07, 6.45) is 1.89. The van der Waals surface area contributed by atoms with Crippen molar-refractivity contribution < 1.29 is 19.3 Å². The van der Waals surface area contributed by atoms with Crippen molar-refractivity contribution in [1.29, 1.82) is 0 Å². The van der Waals surface area contributed by atoms with E-state index >= 15 is 0 Å². The monoisotopic (exact) mass is 342 g/mol. The molecule has 0 saturated carbocycles. The summed E-state index contributed by atoms with van der Waals surface area (Å²) in [6, 6.07) is 8.40. The maximum Gasteiger partial charge on any atom is 0.163 e. The number of phenols is 1. The summed E-state index contributed by atoms with van der Waals surface area (Å²) in [4.78, 5) is 0. The van der Waals surface area contributed by atoms with Gasteiger partial charge in [-0.3, -0.25) is 4.48 Å². The van der Waals surface area contributed by atoms with Crippen molar-refractivity contribution in [1.82, 2.24) is 4.48 Å². The molecule has 5 heteroatoms. The molecule has 0 bridgehead atoms. The van der Waals surface area contributed by atoms with Gasteiger partial charge in [0.05, 0.1) is 34.9 Å². The summed E-state index contributed by atoms with van der Waals surface area (Å²) in [6.45, 7) is 0.992. The molecule has 2 atom stereocenters. The molecule has 5 nitrogen and oxygen atoms in total. The molecule has 2 aliphatic rings. The molecule has 25 heavy (non-hydrogen) atoms. The van der Waals surface area contributed by atoms with Crippen molar-refractivity contribution in [3.05, 3.63) is 41.0 Å². The number of nitrogens with zero attached hydrogens (tertiary/aromatic N) is 1. The Bertz CT molecular complexity index is 848. The lowest BCUT2D eigenvalue weighted by Gasteiger charge is -2.41. The molecule has 0 fully saturated rings. The van der Waals surface area contributed by atoms with Crippen molar-refractivity contribution in [2.75, 3.05) is 34.9 Å². The highest BCUT2D eigenvalue weighted by molar-refractivity contribution is 5.65. The van der Waals surface area contributed by atoms with E-state index in [0.717, 1.165) is 35.4 Å². The van der Waals surface area contributed by atoms with Crippen molar-refractivity contribution in [2.24, 2.45) is 0 Å². The average molecular weight is 342 g/mol. The zero-order valence-electron chi connectivity index (χ0n) is 15.1. The van der Waals surface area contributed by atoms with E-state index in [0.29, 0.717) is 11.8 Å². The molecule has 0 aliphatic carbocycles. The van der Waals surface area contributed by atoms with Gasteiger partial charge in [0, 0.05) is 30.0 Å². The Morgan fingerprint density at radius 3 is 2.24 bits per heavy atom. The minimum Gasteiger partial charge on any atom is -0.504 e. The summed E-state index contributed by atoms with van der Waals surface area (Å²) >= 11 is 0. The first-order chi connectivity index (χ1) is 12.0. The van der Waals surface area contributed by atoms with Gasteiger partial charge in [-0.2, -0.15) is 0 Å². The fraction of sp³-hybridized carbons (Fsp3) is 0.400. The molecular weight excluding hydrogens is 318 g/mol. The van der Waals surface area contributed by atoms with E-state index in [1.54, 1.807) is 21.3 Å². The quantitative estimate of drug-likeness (QED) is 0.870. The van der Waals surface area contributed by atoms with Gasteiger partial charge in [0.1, 0.15) is 11.7 Å². The lowest BCUT2D eigenvalue weighted by Crippen LogP contribution is -2.50. The summed E-state index contributed by atoms with van der Waals surface area (Å²) in [7, 11) is 7.19. The van der Waals surface area contributed by atoms with Crippen LogP contribution in [0.1, 0.15) is 22.7 Å². The fourth-order valence-electron chi connectivity index (χ4n) is 4.49. The van der Waals surface area contributed by atoms with Crippen molar-refractivity contribution in [2.45, 2.75) is 18.9 Å². The number of ether oxygens (including phenoxy) is 3. The van der Waals surface area contributed by atoms with Gasteiger partial charge in [0.25, 0.3) is 0 Å². The number of quaternary nitrogens is 1. The van der Waals surface area contributed by atoms with E-state index in [-0.39, 0.29) is 5.75 Å². The van der Waals surface area contributed by atoms with Gasteiger partial charge in [-0.15, -0.1) is 0 Å². The molecule has 1 unspecified atom stereocenters. The van der Waals surface area contributed by atoms with Crippen LogP contribution in [0.2, 0.25) is 0 Å². The third kappa shape index (κ3) is 2.19. The van der Waals surface area contributed by atoms with Crippen molar-refractivity contribution >= 4 is 5.69 Å². The molecule has 2 aromatic rings. The normalized spacial score (nSPS) is 23.4. The van der Waals surface area contributed by atoms with Gasteiger partial charge in [0.15, 0.2) is 23.0 Å². The predicted molar refractivity (Wildman–Crippen MR) is 96.9 cm³/mol. The van der Waals surface area contributed by atoms with E-state index in [2.05, 4.69) is 19.2 Å². The number of fused-ring (bicyclic) bond motifs is 5. The highest BCUT2D eigenvalue weighted by atomic mass is 16.5. The highest BCUT2D eigenvalue weighted by Crippen LogP contribution is 2.52. The van der Waals surface area contributed by atoms with Crippen molar-refractivity contribution in [3.8, 4) is 23.0 Å². The SMILES string of the molecule is COc1cc2c(cc1O)[N+]1(C)CCc3cc(OC)c(OC)cc3[C@H]1C2. The van der Waals surface area contributed by atoms with E-state index in [1.807, 2.05) is 12.1 Å². The molecule has 0 saturated heterocycles. The van der Waals surface area contributed by atoms with Gasteiger partial charge >= 0.3 is 0 Å². The first-order valence-corrected chi connectivity index (χ1v) is 8.52. The molecule has 1 N–H and O–H groups in total. The highest BCUT2D eigenvalue weighted by Gasteiger charge is 2.48. The Morgan fingerprint density at radius 1 is 0.920 bits per heavy atom. The first-order valence-electron chi connectivity index (χ1n) is 8.52. The Balaban J connectivity index is 1.85. The summed E-state index contributed by atoms with van der Waals surface area (Å²) in [5.41, 5.74) is 5.05. The zero-order valence-corrected chi connectivity index (χ0v) is 15.1. The van der Waals surface area contributed by atoms with Crippen LogP contribution in [0.15, 0.2) is 24.3 Å². The summed E-state index contributed by atoms with van der Waals surface area (Å²) in [5.74, 6) is 2.30. The molecular formula is C20H24NO4+. The van der Waals surface area contributed by atoms with Gasteiger partial charge in [-0.1, -0.05) is 0 Å². The number of hydrogen-bond acceptors (Lipinski definition) is 4. The Labute approximate surface area is 148 Å². The topological polar surface area (TPSA) is 47.9 Å². The molecule has 4 rings (SSSR count). The standard InChI is InChI=1S/C20H23NO4/c1-21-6-5-12-8-19(24-3)20(25-4)10-14(12)16(21)7-13-9-18(23-2)17(22)11-15(13)21/h8-11,16H,5-7H2,1-4H3/p+1/t16-,21?/m1/s1. The largest absolute Gasteiger partial charge is 0.504 e.